The molecule has 13 heavy (non-hydrogen) atoms. The van der Waals surface area contributed by atoms with Crippen molar-refractivity contribution in [3.05, 3.63) is 33.4 Å². The predicted octanol–water partition coefficient (Wildman–Crippen LogP) is 3.06. The summed E-state index contributed by atoms with van der Waals surface area (Å²) in [6, 6.07) is 9.14. The summed E-state index contributed by atoms with van der Waals surface area (Å²) in [5.74, 6) is 0. The Labute approximate surface area is 94.5 Å². The molecule has 0 radical (unpaired) electrons. The highest BCUT2D eigenvalue weighted by molar-refractivity contribution is 14.1. The van der Waals surface area contributed by atoms with Gasteiger partial charge in [-0.05, 0) is 35.6 Å². The van der Waals surface area contributed by atoms with E-state index in [1.54, 1.807) is 0 Å². The lowest BCUT2D eigenvalue weighted by Crippen LogP contribution is -2.37. The van der Waals surface area contributed by atoms with Crippen LogP contribution in [0.1, 0.15) is 18.5 Å². The van der Waals surface area contributed by atoms with Crippen LogP contribution < -0.4 is 0 Å². The maximum Gasteiger partial charge on any atom is 0.112 e. The van der Waals surface area contributed by atoms with Gasteiger partial charge in [0.2, 0.25) is 0 Å². The molecule has 0 aromatic heterocycles. The first-order valence-corrected chi connectivity index (χ1v) is 5.56. The summed E-state index contributed by atoms with van der Waals surface area (Å²) < 4.78 is 2.33. The van der Waals surface area contributed by atoms with E-state index in [9.17, 15) is 0 Å². The number of quaternary nitrogens is 1. The lowest BCUT2D eigenvalue weighted by atomic mass is 10.1. The summed E-state index contributed by atoms with van der Waals surface area (Å²) in [6.45, 7) is 2.28. The molecule has 0 spiro atoms. The number of nitrogens with zero attached hydrogens (tertiary/aromatic N) is 1. The van der Waals surface area contributed by atoms with Crippen LogP contribution in [0.2, 0.25) is 0 Å². The molecule has 72 valence electrons. The summed E-state index contributed by atoms with van der Waals surface area (Å²) in [5.41, 5.74) is 1.44. The average molecular weight is 290 g/mol. The zero-order valence-corrected chi connectivity index (χ0v) is 10.9. The molecule has 0 aliphatic rings. The molecule has 0 aliphatic heterocycles. The maximum absolute atomic E-state index is 2.41. The van der Waals surface area contributed by atoms with Crippen molar-refractivity contribution in [1.29, 1.82) is 0 Å². The van der Waals surface area contributed by atoms with E-state index >= 15 is 0 Å². The SMILES string of the molecule is C[C@@H](c1ccccc1I)[N+](C)(C)C. The number of halogens is 1. The van der Waals surface area contributed by atoms with Gasteiger partial charge in [0.1, 0.15) is 6.04 Å². The highest BCUT2D eigenvalue weighted by Crippen LogP contribution is 2.26. The Hall–Kier alpha value is -0.0900. The van der Waals surface area contributed by atoms with Crippen LogP contribution in [0.3, 0.4) is 0 Å². The first-order valence-electron chi connectivity index (χ1n) is 4.48. The minimum absolute atomic E-state index is 0.549. The predicted molar refractivity (Wildman–Crippen MR) is 65.6 cm³/mol. The molecule has 1 atom stereocenters. The average Bonchev–Trinajstić information content (AvgIpc) is 2.02. The van der Waals surface area contributed by atoms with Crippen LogP contribution in [-0.2, 0) is 0 Å². The zero-order valence-electron chi connectivity index (χ0n) is 8.71. The van der Waals surface area contributed by atoms with E-state index in [0.717, 1.165) is 4.48 Å². The lowest BCUT2D eigenvalue weighted by molar-refractivity contribution is -0.900. The first-order chi connectivity index (χ1) is 5.93. The summed E-state index contributed by atoms with van der Waals surface area (Å²) in [7, 11) is 6.69. The molecule has 0 aliphatic carbocycles. The molecule has 0 fully saturated rings. The van der Waals surface area contributed by atoms with Gasteiger partial charge in [-0.25, -0.2) is 0 Å². The third-order valence-electron chi connectivity index (χ3n) is 2.52. The van der Waals surface area contributed by atoms with Crippen molar-refractivity contribution in [3.8, 4) is 0 Å². The van der Waals surface area contributed by atoms with Crippen LogP contribution in [0, 0.1) is 3.57 Å². The summed E-state index contributed by atoms with van der Waals surface area (Å²) in [4.78, 5) is 0. The van der Waals surface area contributed by atoms with Crippen molar-refractivity contribution >= 4 is 22.6 Å². The van der Waals surface area contributed by atoms with Crippen LogP contribution in [0.5, 0.6) is 0 Å². The van der Waals surface area contributed by atoms with E-state index in [2.05, 4.69) is 74.9 Å². The summed E-state index contributed by atoms with van der Waals surface area (Å²) in [6.07, 6.45) is 0. The van der Waals surface area contributed by atoms with Crippen LogP contribution in [0.25, 0.3) is 0 Å². The monoisotopic (exact) mass is 290 g/mol. The molecule has 0 heterocycles. The second-order valence-corrected chi connectivity index (χ2v) is 5.48. The van der Waals surface area contributed by atoms with Crippen molar-refractivity contribution in [2.24, 2.45) is 0 Å². The van der Waals surface area contributed by atoms with Gasteiger partial charge < -0.3 is 4.48 Å². The topological polar surface area (TPSA) is 0 Å². The molecular formula is C11H17IN+. The molecule has 0 N–H and O–H groups in total. The molecule has 1 aromatic carbocycles. The van der Waals surface area contributed by atoms with E-state index in [4.69, 9.17) is 0 Å². The Balaban J connectivity index is 3.02. The van der Waals surface area contributed by atoms with Gasteiger partial charge in [-0.3, -0.25) is 0 Å². The molecule has 0 saturated carbocycles. The van der Waals surface area contributed by atoms with Crippen molar-refractivity contribution in [1.82, 2.24) is 0 Å². The van der Waals surface area contributed by atoms with Crippen molar-refractivity contribution < 1.29 is 4.48 Å². The molecular weight excluding hydrogens is 273 g/mol. The van der Waals surface area contributed by atoms with Crippen LogP contribution >= 0.6 is 22.6 Å². The van der Waals surface area contributed by atoms with Gasteiger partial charge in [-0.2, -0.15) is 0 Å². The zero-order chi connectivity index (χ0) is 10.1. The Morgan fingerprint density at radius 2 is 1.69 bits per heavy atom. The van der Waals surface area contributed by atoms with Crippen molar-refractivity contribution in [2.45, 2.75) is 13.0 Å². The summed E-state index contributed by atoms with van der Waals surface area (Å²) >= 11 is 2.41. The molecule has 1 rings (SSSR count). The molecule has 1 nitrogen and oxygen atoms in total. The van der Waals surface area contributed by atoms with Crippen LogP contribution in [0.15, 0.2) is 24.3 Å². The fourth-order valence-electron chi connectivity index (χ4n) is 1.23. The summed E-state index contributed by atoms with van der Waals surface area (Å²) in [5, 5.41) is 0. The Morgan fingerprint density at radius 1 is 1.15 bits per heavy atom. The van der Waals surface area contributed by atoms with Gasteiger partial charge in [0.05, 0.1) is 21.1 Å². The fraction of sp³-hybridized carbons (Fsp3) is 0.455. The maximum atomic E-state index is 2.41. The normalized spacial score (nSPS) is 14.2. The lowest BCUT2D eigenvalue weighted by Gasteiger charge is -2.32. The van der Waals surface area contributed by atoms with Crippen LogP contribution in [-0.4, -0.2) is 25.6 Å². The van der Waals surface area contributed by atoms with Crippen molar-refractivity contribution in [3.63, 3.8) is 0 Å². The first kappa shape index (κ1) is 11.0. The molecule has 0 amide bonds. The van der Waals surface area contributed by atoms with Crippen LogP contribution in [0.4, 0.5) is 0 Å². The second kappa shape index (κ2) is 3.96. The molecule has 1 aromatic rings. The Morgan fingerprint density at radius 3 is 2.15 bits per heavy atom. The van der Waals surface area contributed by atoms with Gasteiger partial charge in [-0.1, -0.05) is 18.2 Å². The highest BCUT2D eigenvalue weighted by Gasteiger charge is 2.21. The number of hydrogen-bond acceptors (Lipinski definition) is 0. The van der Waals surface area contributed by atoms with Gasteiger partial charge in [0.15, 0.2) is 0 Å². The van der Waals surface area contributed by atoms with Gasteiger partial charge >= 0.3 is 0 Å². The molecule has 2 heteroatoms. The third kappa shape index (κ3) is 2.68. The van der Waals surface area contributed by atoms with Gasteiger partial charge in [0.25, 0.3) is 0 Å². The molecule has 0 bridgehead atoms. The van der Waals surface area contributed by atoms with Gasteiger partial charge in [-0.15, -0.1) is 0 Å². The standard InChI is InChI=1S/C11H17IN/c1-9(13(2,3)4)10-7-5-6-8-11(10)12/h5-9H,1-4H3/q+1/t9-/m0/s1. The van der Waals surface area contributed by atoms with E-state index in [1.165, 1.54) is 9.13 Å². The van der Waals surface area contributed by atoms with E-state index in [-0.39, 0.29) is 0 Å². The second-order valence-electron chi connectivity index (χ2n) is 4.31. The fourth-order valence-corrected chi connectivity index (χ4v) is 2.07. The Kier molecular flexibility index (Phi) is 3.35. The minimum atomic E-state index is 0.549. The third-order valence-corrected chi connectivity index (χ3v) is 3.50. The number of rotatable bonds is 2. The quantitative estimate of drug-likeness (QED) is 0.580. The van der Waals surface area contributed by atoms with E-state index < -0.39 is 0 Å². The largest absolute Gasteiger partial charge is 0.325 e. The van der Waals surface area contributed by atoms with Crippen molar-refractivity contribution in [2.75, 3.05) is 21.1 Å². The number of benzene rings is 1. The molecule has 0 unspecified atom stereocenters. The Bertz CT molecular complexity index is 288. The van der Waals surface area contributed by atoms with Gasteiger partial charge in [0, 0.05) is 9.13 Å². The smallest absolute Gasteiger partial charge is 0.112 e. The van der Waals surface area contributed by atoms with E-state index in [1.807, 2.05) is 0 Å². The van der Waals surface area contributed by atoms with E-state index in [0.29, 0.717) is 6.04 Å². The highest BCUT2D eigenvalue weighted by atomic mass is 127. The number of hydrogen-bond donors (Lipinski definition) is 0. The molecule has 0 saturated heterocycles. The minimum Gasteiger partial charge on any atom is -0.325 e.